The molecule has 0 saturated carbocycles. The first kappa shape index (κ1) is 20.9. The van der Waals surface area contributed by atoms with E-state index in [-0.39, 0.29) is 6.54 Å². The largest absolute Gasteiger partial charge is 0.399 e. The number of benzene rings is 3. The minimum atomic E-state index is -1.81. The number of anilines is 1. The summed E-state index contributed by atoms with van der Waals surface area (Å²) in [5.74, 6) is 5.61. The van der Waals surface area contributed by atoms with Gasteiger partial charge in [-0.3, -0.25) is 4.79 Å². The van der Waals surface area contributed by atoms with E-state index in [4.69, 9.17) is 23.2 Å². The Balaban J connectivity index is 1.60. The summed E-state index contributed by atoms with van der Waals surface area (Å²) in [5, 5.41) is 13.5. The Morgan fingerprint density at radius 2 is 1.68 bits per heavy atom. The van der Waals surface area contributed by atoms with Gasteiger partial charge in [0.15, 0.2) is 5.60 Å². The van der Waals surface area contributed by atoms with Gasteiger partial charge in [-0.05, 0) is 29.3 Å². The van der Waals surface area contributed by atoms with E-state index in [1.807, 2.05) is 36.4 Å². The molecule has 1 aliphatic rings. The summed E-state index contributed by atoms with van der Waals surface area (Å²) in [4.78, 5) is 14.9. The van der Waals surface area contributed by atoms with Crippen LogP contribution in [0.1, 0.15) is 16.7 Å². The van der Waals surface area contributed by atoms with E-state index in [0.717, 1.165) is 5.56 Å². The fourth-order valence-electron chi connectivity index (χ4n) is 3.84. The number of hydrogen-bond donors (Lipinski definition) is 3. The number of rotatable bonds is 6. The third kappa shape index (κ3) is 4.01. The van der Waals surface area contributed by atoms with Gasteiger partial charge in [0.1, 0.15) is 0 Å². The number of hydrazine groups is 1. The van der Waals surface area contributed by atoms with E-state index in [0.29, 0.717) is 34.1 Å². The molecular formula is C24H23ClN4O2. The zero-order valence-corrected chi connectivity index (χ0v) is 17.5. The molecule has 3 aromatic rings. The van der Waals surface area contributed by atoms with Gasteiger partial charge in [0.05, 0.1) is 18.8 Å². The van der Waals surface area contributed by atoms with Gasteiger partial charge < -0.3 is 20.7 Å². The van der Waals surface area contributed by atoms with E-state index < -0.39 is 11.5 Å². The number of fused-ring (bicyclic) bond motifs is 1. The predicted octanol–water partition coefficient (Wildman–Crippen LogP) is 3.10. The van der Waals surface area contributed by atoms with Gasteiger partial charge >= 0.3 is 0 Å². The molecule has 1 amide bonds. The van der Waals surface area contributed by atoms with Gasteiger partial charge in [-0.2, -0.15) is 0 Å². The molecule has 0 fully saturated rings. The van der Waals surface area contributed by atoms with Crippen LogP contribution in [0.2, 0.25) is 5.02 Å². The Bertz CT molecular complexity index is 1120. The lowest BCUT2D eigenvalue weighted by Gasteiger charge is -2.24. The lowest BCUT2D eigenvalue weighted by molar-refractivity contribution is -0.132. The summed E-state index contributed by atoms with van der Waals surface area (Å²) in [6, 6.07) is 23.5. The van der Waals surface area contributed by atoms with Crippen LogP contribution in [-0.2, 0) is 16.9 Å². The van der Waals surface area contributed by atoms with Gasteiger partial charge in [0.25, 0.3) is 5.91 Å². The lowest BCUT2D eigenvalue weighted by Crippen LogP contribution is -2.42. The molecule has 0 bridgehead atoms. The number of carbonyl (C=O) groups is 1. The molecule has 1 aliphatic heterocycles. The van der Waals surface area contributed by atoms with Crippen LogP contribution in [0.25, 0.3) is 0 Å². The van der Waals surface area contributed by atoms with Crippen LogP contribution in [0.4, 0.5) is 5.69 Å². The van der Waals surface area contributed by atoms with Crippen molar-refractivity contribution in [1.82, 2.24) is 5.01 Å². The van der Waals surface area contributed by atoms with E-state index >= 15 is 0 Å². The Kier molecular flexibility index (Phi) is 5.69. The number of aliphatic hydroxyl groups is 1. The average molecular weight is 435 g/mol. The van der Waals surface area contributed by atoms with E-state index in [1.54, 1.807) is 48.7 Å². The van der Waals surface area contributed by atoms with Crippen molar-refractivity contribution in [3.8, 4) is 0 Å². The standard InChI is InChI=1S/C24H23ClN4O2/c25-19-12-10-18(11-13-19)24(31)21-8-4-5-9-22(21)29(23(24)30)16-20(26)15-28(27)14-17-6-2-1-3-7-17/h1-13,15,31H,14,16,26-27H2/b20-15-. The number of para-hydroxylation sites is 1. The van der Waals surface area contributed by atoms with Gasteiger partial charge in [-0.15, -0.1) is 0 Å². The Morgan fingerprint density at radius 3 is 2.39 bits per heavy atom. The number of amides is 1. The summed E-state index contributed by atoms with van der Waals surface area (Å²) < 4.78 is 0. The monoisotopic (exact) mass is 434 g/mol. The molecule has 4 rings (SSSR count). The smallest absolute Gasteiger partial charge is 0.268 e. The van der Waals surface area contributed by atoms with Crippen molar-refractivity contribution in [3.63, 3.8) is 0 Å². The van der Waals surface area contributed by atoms with Crippen LogP contribution in [0, 0.1) is 0 Å². The first-order valence-corrected chi connectivity index (χ1v) is 10.2. The molecule has 0 radical (unpaired) electrons. The molecule has 158 valence electrons. The molecule has 5 N–H and O–H groups in total. The van der Waals surface area contributed by atoms with Crippen LogP contribution in [0.5, 0.6) is 0 Å². The first-order valence-electron chi connectivity index (χ1n) is 9.81. The second-order valence-corrected chi connectivity index (χ2v) is 7.92. The molecule has 3 aromatic carbocycles. The zero-order valence-electron chi connectivity index (χ0n) is 16.8. The molecule has 0 aliphatic carbocycles. The van der Waals surface area contributed by atoms with Crippen LogP contribution in [0.3, 0.4) is 0 Å². The van der Waals surface area contributed by atoms with Crippen molar-refractivity contribution in [3.05, 3.63) is 112 Å². The van der Waals surface area contributed by atoms with Gasteiger partial charge in [-0.1, -0.05) is 72.3 Å². The van der Waals surface area contributed by atoms with Crippen LogP contribution in [-0.4, -0.2) is 22.6 Å². The zero-order chi connectivity index (χ0) is 22.0. The Hall–Kier alpha value is -3.32. The van der Waals surface area contributed by atoms with Crippen LogP contribution < -0.4 is 16.5 Å². The van der Waals surface area contributed by atoms with Crippen molar-refractivity contribution in [1.29, 1.82) is 0 Å². The second-order valence-electron chi connectivity index (χ2n) is 7.49. The normalized spacial score (nSPS) is 18.2. The minimum absolute atomic E-state index is 0.0915. The summed E-state index contributed by atoms with van der Waals surface area (Å²) in [6.07, 6.45) is 1.60. The molecule has 1 atom stereocenters. The molecule has 0 saturated heterocycles. The van der Waals surface area contributed by atoms with Gasteiger partial charge in [0.2, 0.25) is 0 Å². The minimum Gasteiger partial charge on any atom is -0.399 e. The van der Waals surface area contributed by atoms with Crippen molar-refractivity contribution in [2.45, 2.75) is 12.1 Å². The quantitative estimate of drug-likeness (QED) is 0.409. The lowest BCUT2D eigenvalue weighted by atomic mass is 9.87. The maximum absolute atomic E-state index is 13.4. The molecule has 7 heteroatoms. The summed E-state index contributed by atoms with van der Waals surface area (Å²) in [6.45, 7) is 0.565. The van der Waals surface area contributed by atoms with Gasteiger partial charge in [0, 0.05) is 22.5 Å². The highest BCUT2D eigenvalue weighted by atomic mass is 35.5. The maximum atomic E-state index is 13.4. The SMILES string of the molecule is N/C(=C\N(N)Cc1ccccc1)CN1C(=O)C(O)(c2ccc(Cl)cc2)c2ccccc21. The van der Waals surface area contributed by atoms with Gasteiger partial charge in [-0.25, -0.2) is 5.84 Å². The van der Waals surface area contributed by atoms with E-state index in [2.05, 4.69) is 0 Å². The summed E-state index contributed by atoms with van der Waals surface area (Å²) in [7, 11) is 0. The third-order valence-electron chi connectivity index (χ3n) is 5.28. The highest BCUT2D eigenvalue weighted by molar-refractivity contribution is 6.30. The number of hydrogen-bond acceptors (Lipinski definition) is 5. The predicted molar refractivity (Wildman–Crippen MR) is 122 cm³/mol. The first-order chi connectivity index (χ1) is 14.9. The molecule has 0 aromatic heterocycles. The Labute approximate surface area is 185 Å². The van der Waals surface area contributed by atoms with Crippen molar-refractivity contribution < 1.29 is 9.90 Å². The molecule has 0 spiro atoms. The average Bonchev–Trinajstić information content (AvgIpc) is 2.97. The number of halogens is 1. The molecule has 6 nitrogen and oxygen atoms in total. The van der Waals surface area contributed by atoms with Crippen molar-refractivity contribution in [2.75, 3.05) is 11.4 Å². The Morgan fingerprint density at radius 1 is 1.03 bits per heavy atom. The van der Waals surface area contributed by atoms with E-state index in [1.165, 1.54) is 9.91 Å². The summed E-state index contributed by atoms with van der Waals surface area (Å²) >= 11 is 5.99. The summed E-state index contributed by atoms with van der Waals surface area (Å²) in [5.41, 5.74) is 7.39. The molecular weight excluding hydrogens is 412 g/mol. The van der Waals surface area contributed by atoms with Crippen molar-refractivity contribution in [2.24, 2.45) is 11.6 Å². The second kappa shape index (κ2) is 8.43. The van der Waals surface area contributed by atoms with E-state index in [9.17, 15) is 9.90 Å². The molecule has 1 heterocycles. The van der Waals surface area contributed by atoms with Crippen molar-refractivity contribution >= 4 is 23.2 Å². The fourth-order valence-corrected chi connectivity index (χ4v) is 3.96. The topological polar surface area (TPSA) is 95.8 Å². The molecule has 1 unspecified atom stereocenters. The highest BCUT2D eigenvalue weighted by Crippen LogP contribution is 2.44. The maximum Gasteiger partial charge on any atom is 0.268 e. The fraction of sp³-hybridized carbons (Fsp3) is 0.125. The third-order valence-corrected chi connectivity index (χ3v) is 5.53. The number of nitrogens with two attached hydrogens (primary N) is 2. The van der Waals surface area contributed by atoms with Crippen LogP contribution >= 0.6 is 11.6 Å². The molecule has 31 heavy (non-hydrogen) atoms. The number of nitrogens with zero attached hydrogens (tertiary/aromatic N) is 2. The highest BCUT2D eigenvalue weighted by Gasteiger charge is 2.50. The van der Waals surface area contributed by atoms with Crippen LogP contribution in [0.15, 0.2) is 90.8 Å². The number of carbonyl (C=O) groups excluding carboxylic acids is 1.